The summed E-state index contributed by atoms with van der Waals surface area (Å²) in [6.45, 7) is 0.569. The zero-order valence-electron chi connectivity index (χ0n) is 9.26. The molecule has 1 unspecified atom stereocenters. The topological polar surface area (TPSA) is 80.5 Å². The molecule has 2 fully saturated rings. The van der Waals surface area contributed by atoms with Crippen molar-refractivity contribution in [1.82, 2.24) is 4.90 Å². The average molecular weight is 246 g/mol. The van der Waals surface area contributed by atoms with Crippen molar-refractivity contribution in [2.75, 3.05) is 12.3 Å². The first kappa shape index (κ1) is 11.9. The Kier molecular flexibility index (Phi) is 3.21. The fourth-order valence-electron chi connectivity index (χ4n) is 2.82. The predicted molar refractivity (Wildman–Crippen MR) is 60.1 cm³/mol. The maximum atomic E-state index is 11.7. The minimum absolute atomic E-state index is 0.0675. The van der Waals surface area contributed by atoms with Gasteiger partial charge < -0.3 is 4.90 Å². The lowest BCUT2D eigenvalue weighted by Crippen LogP contribution is -2.35. The van der Waals surface area contributed by atoms with Crippen LogP contribution in [0.2, 0.25) is 0 Å². The third kappa shape index (κ3) is 2.74. The van der Waals surface area contributed by atoms with Gasteiger partial charge in [0.2, 0.25) is 15.9 Å². The highest BCUT2D eigenvalue weighted by atomic mass is 32.2. The Bertz CT molecular complexity index is 374. The molecule has 0 aromatic rings. The second-order valence-electron chi connectivity index (χ2n) is 4.88. The lowest BCUT2D eigenvalue weighted by molar-refractivity contribution is -0.129. The van der Waals surface area contributed by atoms with Crippen LogP contribution in [-0.2, 0) is 14.8 Å². The van der Waals surface area contributed by atoms with Crippen molar-refractivity contribution < 1.29 is 13.2 Å². The number of hydrogen-bond donors (Lipinski definition) is 1. The summed E-state index contributed by atoms with van der Waals surface area (Å²) in [5.74, 6) is -0.0780. The van der Waals surface area contributed by atoms with Gasteiger partial charge >= 0.3 is 0 Å². The fraction of sp³-hybridized carbons (Fsp3) is 0.900. The van der Waals surface area contributed by atoms with Crippen molar-refractivity contribution in [3.63, 3.8) is 0 Å². The second kappa shape index (κ2) is 4.33. The molecule has 1 saturated carbocycles. The number of hydrogen-bond acceptors (Lipinski definition) is 3. The lowest BCUT2D eigenvalue weighted by Gasteiger charge is -2.23. The van der Waals surface area contributed by atoms with E-state index in [2.05, 4.69) is 0 Å². The van der Waals surface area contributed by atoms with Crippen molar-refractivity contribution in [1.29, 1.82) is 0 Å². The molecule has 1 aliphatic heterocycles. The van der Waals surface area contributed by atoms with Crippen LogP contribution in [0.1, 0.15) is 32.1 Å². The van der Waals surface area contributed by atoms with Gasteiger partial charge in [-0.2, -0.15) is 0 Å². The van der Waals surface area contributed by atoms with Crippen LogP contribution in [0.15, 0.2) is 0 Å². The summed E-state index contributed by atoms with van der Waals surface area (Å²) in [5, 5.41) is 5.00. The standard InChI is InChI=1S/C10H18N2O3S/c11-16(14,15)7-8-5-10(13)12(6-8)9-3-1-2-4-9/h8-9H,1-7H2,(H2,11,14,15). The van der Waals surface area contributed by atoms with Crippen LogP contribution in [0.25, 0.3) is 0 Å². The van der Waals surface area contributed by atoms with Gasteiger partial charge in [-0.05, 0) is 12.8 Å². The van der Waals surface area contributed by atoms with Gasteiger partial charge in [0.25, 0.3) is 0 Å². The van der Waals surface area contributed by atoms with Crippen LogP contribution in [0.5, 0.6) is 0 Å². The van der Waals surface area contributed by atoms with E-state index in [4.69, 9.17) is 5.14 Å². The Hall–Kier alpha value is -0.620. The van der Waals surface area contributed by atoms with E-state index in [1.807, 2.05) is 4.90 Å². The fourth-order valence-corrected chi connectivity index (χ4v) is 3.70. The van der Waals surface area contributed by atoms with E-state index in [9.17, 15) is 13.2 Å². The molecule has 2 N–H and O–H groups in total. The van der Waals surface area contributed by atoms with Crippen molar-refractivity contribution in [2.24, 2.45) is 11.1 Å². The molecule has 1 amide bonds. The van der Waals surface area contributed by atoms with Crippen LogP contribution in [0.3, 0.4) is 0 Å². The number of nitrogens with two attached hydrogens (primary N) is 1. The quantitative estimate of drug-likeness (QED) is 0.765. The number of sulfonamides is 1. The minimum Gasteiger partial charge on any atom is -0.339 e. The van der Waals surface area contributed by atoms with Crippen molar-refractivity contribution in [2.45, 2.75) is 38.1 Å². The van der Waals surface area contributed by atoms with Gasteiger partial charge in [0.15, 0.2) is 0 Å². The molecule has 2 rings (SSSR count). The summed E-state index contributed by atoms with van der Waals surface area (Å²) in [7, 11) is -3.46. The van der Waals surface area contributed by atoms with E-state index < -0.39 is 10.0 Å². The number of rotatable bonds is 3. The van der Waals surface area contributed by atoms with Gasteiger partial charge in [0.1, 0.15) is 0 Å². The van der Waals surface area contributed by atoms with E-state index in [1.165, 1.54) is 12.8 Å². The third-order valence-electron chi connectivity index (χ3n) is 3.47. The first-order valence-corrected chi connectivity index (χ1v) is 7.47. The summed E-state index contributed by atoms with van der Waals surface area (Å²) in [6, 6.07) is 0.345. The molecule has 0 spiro atoms. The molecule has 92 valence electrons. The van der Waals surface area contributed by atoms with Crippen LogP contribution in [-0.4, -0.2) is 37.6 Å². The Morgan fingerprint density at radius 3 is 2.50 bits per heavy atom. The monoisotopic (exact) mass is 246 g/mol. The smallest absolute Gasteiger partial charge is 0.223 e. The normalized spacial score (nSPS) is 27.9. The van der Waals surface area contributed by atoms with Crippen molar-refractivity contribution >= 4 is 15.9 Å². The molecule has 5 nitrogen and oxygen atoms in total. The summed E-state index contributed by atoms with van der Waals surface area (Å²) >= 11 is 0. The summed E-state index contributed by atoms with van der Waals surface area (Å²) in [4.78, 5) is 13.6. The highest BCUT2D eigenvalue weighted by Crippen LogP contribution is 2.29. The molecule has 1 aliphatic carbocycles. The van der Waals surface area contributed by atoms with Gasteiger partial charge in [-0.25, -0.2) is 13.6 Å². The molecule has 16 heavy (non-hydrogen) atoms. The Morgan fingerprint density at radius 1 is 1.31 bits per heavy atom. The van der Waals surface area contributed by atoms with Crippen LogP contribution in [0, 0.1) is 5.92 Å². The largest absolute Gasteiger partial charge is 0.339 e. The van der Waals surface area contributed by atoms with E-state index >= 15 is 0 Å². The lowest BCUT2D eigenvalue weighted by atomic mass is 10.1. The molecular weight excluding hydrogens is 228 g/mol. The van der Waals surface area contributed by atoms with Crippen LogP contribution in [0.4, 0.5) is 0 Å². The molecule has 0 bridgehead atoms. The average Bonchev–Trinajstić information content (AvgIpc) is 2.71. The van der Waals surface area contributed by atoms with Crippen molar-refractivity contribution in [3.8, 4) is 0 Å². The highest BCUT2D eigenvalue weighted by molar-refractivity contribution is 7.89. The maximum absolute atomic E-state index is 11.7. The van der Waals surface area contributed by atoms with Gasteiger partial charge in [-0.1, -0.05) is 12.8 Å². The van der Waals surface area contributed by atoms with Crippen LogP contribution < -0.4 is 5.14 Å². The number of nitrogens with zero attached hydrogens (tertiary/aromatic N) is 1. The molecule has 1 heterocycles. The van der Waals surface area contributed by atoms with E-state index in [0.717, 1.165) is 12.8 Å². The Labute approximate surface area is 96.0 Å². The zero-order chi connectivity index (χ0) is 11.8. The maximum Gasteiger partial charge on any atom is 0.223 e. The molecule has 2 aliphatic rings. The number of amides is 1. The highest BCUT2D eigenvalue weighted by Gasteiger charge is 2.36. The molecule has 0 aromatic heterocycles. The minimum atomic E-state index is -3.46. The van der Waals surface area contributed by atoms with Gasteiger partial charge in [0, 0.05) is 24.9 Å². The Balaban J connectivity index is 1.96. The second-order valence-corrected chi connectivity index (χ2v) is 6.54. The summed E-state index contributed by atoms with van der Waals surface area (Å²) in [5.41, 5.74) is 0. The third-order valence-corrected chi connectivity index (χ3v) is 4.41. The molecule has 1 saturated heterocycles. The van der Waals surface area contributed by atoms with Crippen LogP contribution >= 0.6 is 0 Å². The predicted octanol–water partition coefficient (Wildman–Crippen LogP) is 0.0660. The number of likely N-dealkylation sites (tertiary alicyclic amines) is 1. The number of carbonyl (C=O) groups excluding carboxylic acids is 1. The van der Waals surface area contributed by atoms with Gasteiger partial charge in [0.05, 0.1) is 5.75 Å². The molecular formula is C10H18N2O3S. The molecule has 0 radical (unpaired) electrons. The van der Waals surface area contributed by atoms with Gasteiger partial charge in [-0.15, -0.1) is 0 Å². The molecule has 0 aromatic carbocycles. The zero-order valence-corrected chi connectivity index (χ0v) is 10.1. The van der Waals surface area contributed by atoms with E-state index in [-0.39, 0.29) is 17.6 Å². The van der Waals surface area contributed by atoms with Crippen molar-refractivity contribution in [3.05, 3.63) is 0 Å². The molecule has 6 heteroatoms. The summed E-state index contributed by atoms with van der Waals surface area (Å²) in [6.07, 6.45) is 4.82. The van der Waals surface area contributed by atoms with E-state index in [0.29, 0.717) is 19.0 Å². The molecule has 1 atom stereocenters. The summed E-state index contributed by atoms with van der Waals surface area (Å²) < 4.78 is 21.9. The van der Waals surface area contributed by atoms with Gasteiger partial charge in [-0.3, -0.25) is 4.79 Å². The van der Waals surface area contributed by atoms with E-state index in [1.54, 1.807) is 0 Å². The number of primary sulfonamides is 1. The Morgan fingerprint density at radius 2 is 1.94 bits per heavy atom. The number of carbonyl (C=O) groups is 1. The SMILES string of the molecule is NS(=O)(=O)CC1CC(=O)N(C2CCCC2)C1. The first-order valence-electron chi connectivity index (χ1n) is 5.75. The first-order chi connectivity index (χ1) is 7.46.